The Morgan fingerprint density at radius 1 is 1.03 bits per heavy atom. The zero-order valence-electron chi connectivity index (χ0n) is 19.0. The van der Waals surface area contributed by atoms with E-state index in [0.717, 1.165) is 27.8 Å². The predicted molar refractivity (Wildman–Crippen MR) is 146 cm³/mol. The summed E-state index contributed by atoms with van der Waals surface area (Å²) < 4.78 is 19.3. The Hall–Kier alpha value is -2.59. The SMILES string of the molecule is CCCOc1ccc(C(=O)N/N=C/c2cc(Br)c(OCc3ccc(I)cc3)c(OCC)c2)cc1. The lowest BCUT2D eigenvalue weighted by Gasteiger charge is -2.14. The molecule has 1 N–H and O–H groups in total. The number of carbonyl (C=O) groups excluding carboxylic acids is 1. The summed E-state index contributed by atoms with van der Waals surface area (Å²) in [7, 11) is 0. The van der Waals surface area contributed by atoms with Gasteiger partial charge in [0.2, 0.25) is 0 Å². The standard InChI is InChI=1S/C26H26BrIN2O4/c1-3-13-33-22-11-7-20(8-12-22)26(31)30-29-16-19-14-23(27)25(24(15-19)32-4-2)34-17-18-5-9-21(28)10-6-18/h5-12,14-16H,3-4,13,17H2,1-2H3,(H,30,31)/b29-16+. The van der Waals surface area contributed by atoms with Gasteiger partial charge in [-0.3, -0.25) is 4.79 Å². The maximum atomic E-state index is 12.4. The van der Waals surface area contributed by atoms with Crippen molar-refractivity contribution in [2.75, 3.05) is 13.2 Å². The predicted octanol–water partition coefficient (Wildman–Crippen LogP) is 6.58. The van der Waals surface area contributed by atoms with Crippen LogP contribution in [0.25, 0.3) is 0 Å². The molecule has 0 atom stereocenters. The molecule has 3 rings (SSSR count). The quantitative estimate of drug-likeness (QED) is 0.147. The average Bonchev–Trinajstić information content (AvgIpc) is 2.84. The van der Waals surface area contributed by atoms with Crippen molar-refractivity contribution in [3.05, 3.63) is 85.4 Å². The van der Waals surface area contributed by atoms with Crippen LogP contribution in [0.3, 0.4) is 0 Å². The fourth-order valence-corrected chi connectivity index (χ4v) is 3.89. The lowest BCUT2D eigenvalue weighted by molar-refractivity contribution is 0.0955. The van der Waals surface area contributed by atoms with Gasteiger partial charge in [0.25, 0.3) is 5.91 Å². The number of ether oxygens (including phenoxy) is 3. The number of hydrazone groups is 1. The zero-order valence-corrected chi connectivity index (χ0v) is 22.8. The minimum absolute atomic E-state index is 0.306. The van der Waals surface area contributed by atoms with Crippen molar-refractivity contribution in [2.24, 2.45) is 5.10 Å². The summed E-state index contributed by atoms with van der Waals surface area (Å²) >= 11 is 5.84. The van der Waals surface area contributed by atoms with Crippen molar-refractivity contribution < 1.29 is 19.0 Å². The summed E-state index contributed by atoms with van der Waals surface area (Å²) in [5.41, 5.74) is 4.86. The van der Waals surface area contributed by atoms with Gasteiger partial charge < -0.3 is 14.2 Å². The van der Waals surface area contributed by atoms with Crippen LogP contribution in [0, 0.1) is 3.57 Å². The molecule has 0 radical (unpaired) electrons. The number of nitrogens with one attached hydrogen (secondary N) is 1. The fraction of sp³-hybridized carbons (Fsp3) is 0.231. The third-order valence-electron chi connectivity index (χ3n) is 4.60. The van der Waals surface area contributed by atoms with Crippen molar-refractivity contribution in [3.63, 3.8) is 0 Å². The number of nitrogens with zero attached hydrogens (tertiary/aromatic N) is 1. The van der Waals surface area contributed by atoms with E-state index in [1.165, 1.54) is 3.57 Å². The summed E-state index contributed by atoms with van der Waals surface area (Å²) in [4.78, 5) is 12.4. The Morgan fingerprint density at radius 2 is 1.76 bits per heavy atom. The van der Waals surface area contributed by atoms with Gasteiger partial charge in [-0.2, -0.15) is 5.10 Å². The number of hydrogen-bond donors (Lipinski definition) is 1. The molecule has 3 aromatic rings. The molecule has 1 amide bonds. The van der Waals surface area contributed by atoms with Gasteiger partial charge in [0, 0.05) is 9.13 Å². The second kappa shape index (κ2) is 13.3. The van der Waals surface area contributed by atoms with Gasteiger partial charge >= 0.3 is 0 Å². The van der Waals surface area contributed by atoms with Gasteiger partial charge in [0.1, 0.15) is 12.4 Å². The van der Waals surface area contributed by atoms with Crippen LogP contribution in [-0.2, 0) is 6.61 Å². The first-order valence-corrected chi connectivity index (χ1v) is 12.8. The van der Waals surface area contributed by atoms with Gasteiger partial charge in [-0.15, -0.1) is 0 Å². The molecule has 8 heteroatoms. The van der Waals surface area contributed by atoms with E-state index < -0.39 is 0 Å². The topological polar surface area (TPSA) is 69.2 Å². The third-order valence-corrected chi connectivity index (χ3v) is 5.91. The summed E-state index contributed by atoms with van der Waals surface area (Å²) in [5.74, 6) is 1.64. The summed E-state index contributed by atoms with van der Waals surface area (Å²) in [5, 5.41) is 4.09. The maximum absolute atomic E-state index is 12.4. The zero-order chi connectivity index (χ0) is 24.3. The minimum atomic E-state index is -0.306. The molecule has 0 saturated heterocycles. The third kappa shape index (κ3) is 7.73. The normalized spacial score (nSPS) is 10.8. The molecular formula is C26H26BrIN2O4. The van der Waals surface area contributed by atoms with E-state index in [1.54, 1.807) is 30.5 Å². The Labute approximate surface area is 222 Å². The fourth-order valence-electron chi connectivity index (χ4n) is 2.95. The van der Waals surface area contributed by atoms with Gasteiger partial charge in [-0.05, 0) is 112 Å². The molecule has 178 valence electrons. The van der Waals surface area contributed by atoms with Crippen LogP contribution in [0.5, 0.6) is 17.2 Å². The first-order chi connectivity index (χ1) is 16.5. The number of carbonyl (C=O) groups is 1. The molecule has 0 heterocycles. The molecular weight excluding hydrogens is 611 g/mol. The molecule has 34 heavy (non-hydrogen) atoms. The molecule has 0 aliphatic heterocycles. The van der Waals surface area contributed by atoms with Crippen LogP contribution in [0.1, 0.15) is 41.8 Å². The molecule has 0 unspecified atom stereocenters. The monoisotopic (exact) mass is 636 g/mol. The summed E-state index contributed by atoms with van der Waals surface area (Å²) in [6, 6.07) is 18.8. The molecule has 0 fully saturated rings. The molecule has 3 aromatic carbocycles. The smallest absolute Gasteiger partial charge is 0.271 e. The molecule has 6 nitrogen and oxygen atoms in total. The van der Waals surface area contributed by atoms with Crippen molar-refractivity contribution in [1.82, 2.24) is 5.43 Å². The molecule has 0 spiro atoms. The highest BCUT2D eigenvalue weighted by Gasteiger charge is 2.12. The van der Waals surface area contributed by atoms with E-state index >= 15 is 0 Å². The molecule has 0 aliphatic carbocycles. The van der Waals surface area contributed by atoms with E-state index in [0.29, 0.717) is 36.9 Å². The second-order valence-electron chi connectivity index (χ2n) is 7.25. The summed E-state index contributed by atoms with van der Waals surface area (Å²) in [6.45, 7) is 5.51. The lowest BCUT2D eigenvalue weighted by Crippen LogP contribution is -2.17. The maximum Gasteiger partial charge on any atom is 0.271 e. The van der Waals surface area contributed by atoms with Crippen LogP contribution in [-0.4, -0.2) is 25.3 Å². The highest BCUT2D eigenvalue weighted by molar-refractivity contribution is 14.1. The van der Waals surface area contributed by atoms with E-state index in [9.17, 15) is 4.79 Å². The van der Waals surface area contributed by atoms with Crippen molar-refractivity contribution in [3.8, 4) is 17.2 Å². The van der Waals surface area contributed by atoms with E-state index in [4.69, 9.17) is 14.2 Å². The molecule has 0 bridgehead atoms. The number of hydrogen-bond acceptors (Lipinski definition) is 5. The minimum Gasteiger partial charge on any atom is -0.494 e. The summed E-state index contributed by atoms with van der Waals surface area (Å²) in [6.07, 6.45) is 2.49. The van der Waals surface area contributed by atoms with Crippen LogP contribution in [0.2, 0.25) is 0 Å². The Bertz CT molecular complexity index is 1120. The molecule has 0 aromatic heterocycles. The highest BCUT2D eigenvalue weighted by atomic mass is 127. The Kier molecular flexibility index (Phi) is 10.2. The van der Waals surface area contributed by atoms with E-state index in [1.807, 2.05) is 50.2 Å². The second-order valence-corrected chi connectivity index (χ2v) is 9.35. The highest BCUT2D eigenvalue weighted by Crippen LogP contribution is 2.37. The van der Waals surface area contributed by atoms with Crippen LogP contribution < -0.4 is 19.6 Å². The van der Waals surface area contributed by atoms with Gasteiger partial charge in [0.05, 0.1) is 23.9 Å². The number of rotatable bonds is 11. The van der Waals surface area contributed by atoms with Crippen LogP contribution >= 0.6 is 38.5 Å². The molecule has 0 saturated carbocycles. The van der Waals surface area contributed by atoms with Gasteiger partial charge in [0.15, 0.2) is 11.5 Å². The van der Waals surface area contributed by atoms with Crippen molar-refractivity contribution in [2.45, 2.75) is 26.9 Å². The van der Waals surface area contributed by atoms with Crippen LogP contribution in [0.4, 0.5) is 0 Å². The van der Waals surface area contributed by atoms with Crippen molar-refractivity contribution >= 4 is 50.6 Å². The van der Waals surface area contributed by atoms with E-state index in [2.05, 4.69) is 49.0 Å². The van der Waals surface area contributed by atoms with Crippen LogP contribution in [0.15, 0.2) is 70.2 Å². The Balaban J connectivity index is 1.65. The largest absolute Gasteiger partial charge is 0.494 e. The molecule has 0 aliphatic rings. The number of benzene rings is 3. The Morgan fingerprint density at radius 3 is 2.44 bits per heavy atom. The van der Waals surface area contributed by atoms with Crippen molar-refractivity contribution in [1.29, 1.82) is 0 Å². The van der Waals surface area contributed by atoms with Gasteiger partial charge in [-0.1, -0.05) is 19.1 Å². The van der Waals surface area contributed by atoms with Gasteiger partial charge in [-0.25, -0.2) is 5.43 Å². The number of amides is 1. The first-order valence-electron chi connectivity index (χ1n) is 10.9. The van der Waals surface area contributed by atoms with E-state index in [-0.39, 0.29) is 5.91 Å². The number of halogens is 2. The average molecular weight is 637 g/mol. The lowest BCUT2D eigenvalue weighted by atomic mass is 10.2. The first kappa shape index (κ1) is 26.0.